The smallest absolute Gasteiger partial charge is 0.321 e. The van der Waals surface area contributed by atoms with Gasteiger partial charge in [0.05, 0.1) is 23.7 Å². The SMILES string of the molecule is Cc1nnc(SCC(=O)Nc2ccccc2NC(=O)N2CCCC2)n1Cc1ccccc1. The molecular formula is C23H26N6O2S. The number of thioether (sulfide) groups is 1. The lowest BCUT2D eigenvalue weighted by molar-refractivity contribution is -0.113. The Morgan fingerprint density at radius 2 is 1.59 bits per heavy atom. The van der Waals surface area contributed by atoms with Gasteiger partial charge in [0.2, 0.25) is 5.91 Å². The summed E-state index contributed by atoms with van der Waals surface area (Å²) in [4.78, 5) is 26.9. The van der Waals surface area contributed by atoms with E-state index in [1.54, 1.807) is 17.0 Å². The van der Waals surface area contributed by atoms with Crippen LogP contribution in [0.3, 0.4) is 0 Å². The van der Waals surface area contributed by atoms with Gasteiger partial charge in [-0.15, -0.1) is 10.2 Å². The van der Waals surface area contributed by atoms with Crippen LogP contribution in [0.1, 0.15) is 24.2 Å². The number of carbonyl (C=O) groups is 2. The van der Waals surface area contributed by atoms with E-state index in [0.717, 1.165) is 37.3 Å². The first-order chi connectivity index (χ1) is 15.6. The summed E-state index contributed by atoms with van der Waals surface area (Å²) in [6.45, 7) is 4.08. The van der Waals surface area contributed by atoms with E-state index in [0.29, 0.717) is 23.1 Å². The van der Waals surface area contributed by atoms with Gasteiger partial charge in [-0.1, -0.05) is 54.2 Å². The van der Waals surface area contributed by atoms with Crippen molar-refractivity contribution in [2.45, 2.75) is 31.5 Å². The summed E-state index contributed by atoms with van der Waals surface area (Å²) < 4.78 is 2.00. The van der Waals surface area contributed by atoms with Crippen molar-refractivity contribution in [3.8, 4) is 0 Å². The first-order valence-corrected chi connectivity index (χ1v) is 11.6. The third-order valence-electron chi connectivity index (χ3n) is 5.25. The molecule has 1 saturated heterocycles. The lowest BCUT2D eigenvalue weighted by Gasteiger charge is -2.18. The van der Waals surface area contributed by atoms with Crippen LogP contribution in [0.2, 0.25) is 0 Å². The fraction of sp³-hybridized carbons (Fsp3) is 0.304. The quantitative estimate of drug-likeness (QED) is 0.531. The molecule has 3 aromatic rings. The van der Waals surface area contributed by atoms with E-state index in [1.165, 1.54) is 11.8 Å². The molecule has 3 amide bonds. The molecule has 2 aromatic carbocycles. The number of nitrogens with one attached hydrogen (secondary N) is 2. The summed E-state index contributed by atoms with van der Waals surface area (Å²) in [5, 5.41) is 14.9. The molecule has 0 radical (unpaired) electrons. The highest BCUT2D eigenvalue weighted by Crippen LogP contribution is 2.24. The van der Waals surface area contributed by atoms with Crippen LogP contribution < -0.4 is 10.6 Å². The van der Waals surface area contributed by atoms with Crippen LogP contribution in [0.15, 0.2) is 59.8 Å². The van der Waals surface area contributed by atoms with Crippen LogP contribution in [-0.2, 0) is 11.3 Å². The normalized spacial score (nSPS) is 13.2. The Labute approximate surface area is 191 Å². The van der Waals surface area contributed by atoms with Crippen LogP contribution in [-0.4, -0.2) is 50.4 Å². The highest BCUT2D eigenvalue weighted by Gasteiger charge is 2.19. The number of benzene rings is 2. The van der Waals surface area contributed by atoms with Crippen molar-refractivity contribution in [2.75, 3.05) is 29.5 Å². The number of urea groups is 1. The van der Waals surface area contributed by atoms with Gasteiger partial charge in [-0.3, -0.25) is 4.79 Å². The van der Waals surface area contributed by atoms with Gasteiger partial charge in [0.15, 0.2) is 5.16 Å². The summed E-state index contributed by atoms with van der Waals surface area (Å²) in [6.07, 6.45) is 2.05. The molecule has 8 nitrogen and oxygen atoms in total. The van der Waals surface area contributed by atoms with E-state index >= 15 is 0 Å². The van der Waals surface area contributed by atoms with Crippen LogP contribution in [0.5, 0.6) is 0 Å². The number of hydrogen-bond donors (Lipinski definition) is 2. The Kier molecular flexibility index (Phi) is 7.06. The van der Waals surface area contributed by atoms with Gasteiger partial charge in [-0.2, -0.15) is 0 Å². The Bertz CT molecular complexity index is 1080. The van der Waals surface area contributed by atoms with Gasteiger partial charge < -0.3 is 20.1 Å². The zero-order valence-electron chi connectivity index (χ0n) is 18.0. The van der Waals surface area contributed by atoms with Gasteiger partial charge in [-0.05, 0) is 37.5 Å². The van der Waals surface area contributed by atoms with Crippen molar-refractivity contribution in [3.05, 3.63) is 66.0 Å². The summed E-state index contributed by atoms with van der Waals surface area (Å²) >= 11 is 1.34. The fourth-order valence-corrected chi connectivity index (χ4v) is 4.33. The van der Waals surface area contributed by atoms with Gasteiger partial charge in [0.1, 0.15) is 5.82 Å². The molecule has 0 bridgehead atoms. The second-order valence-electron chi connectivity index (χ2n) is 7.61. The molecule has 1 fully saturated rings. The second-order valence-corrected chi connectivity index (χ2v) is 8.55. The summed E-state index contributed by atoms with van der Waals surface area (Å²) in [5.41, 5.74) is 2.31. The maximum absolute atomic E-state index is 12.6. The van der Waals surface area contributed by atoms with Crippen molar-refractivity contribution in [2.24, 2.45) is 0 Å². The molecule has 0 saturated carbocycles. The Morgan fingerprint density at radius 1 is 0.938 bits per heavy atom. The molecule has 1 aliphatic heterocycles. The minimum absolute atomic E-state index is 0.136. The number of nitrogens with zero attached hydrogens (tertiary/aromatic N) is 4. The van der Waals surface area contributed by atoms with Crippen molar-refractivity contribution in [3.63, 3.8) is 0 Å². The Morgan fingerprint density at radius 3 is 2.31 bits per heavy atom. The molecule has 1 aromatic heterocycles. The third-order valence-corrected chi connectivity index (χ3v) is 6.22. The number of aromatic nitrogens is 3. The zero-order valence-corrected chi connectivity index (χ0v) is 18.8. The summed E-state index contributed by atoms with van der Waals surface area (Å²) in [5.74, 6) is 0.804. The van der Waals surface area contributed by atoms with Gasteiger partial charge in [-0.25, -0.2) is 4.79 Å². The molecule has 32 heavy (non-hydrogen) atoms. The molecule has 2 heterocycles. The van der Waals surface area contributed by atoms with E-state index in [2.05, 4.69) is 20.8 Å². The average molecular weight is 451 g/mol. The van der Waals surface area contributed by atoms with Crippen LogP contribution in [0.25, 0.3) is 0 Å². The zero-order chi connectivity index (χ0) is 22.3. The summed E-state index contributed by atoms with van der Waals surface area (Å²) in [6, 6.07) is 17.2. The minimum Gasteiger partial charge on any atom is -0.325 e. The van der Waals surface area contributed by atoms with Gasteiger partial charge >= 0.3 is 6.03 Å². The molecule has 166 valence electrons. The molecule has 0 spiro atoms. The molecule has 9 heteroatoms. The number of amides is 3. The maximum atomic E-state index is 12.6. The van der Waals surface area contributed by atoms with Crippen molar-refractivity contribution in [1.29, 1.82) is 0 Å². The number of likely N-dealkylation sites (tertiary alicyclic amines) is 1. The van der Waals surface area contributed by atoms with Gasteiger partial charge in [0.25, 0.3) is 0 Å². The minimum atomic E-state index is -0.176. The van der Waals surface area contributed by atoms with E-state index in [-0.39, 0.29) is 17.7 Å². The predicted octanol–water partition coefficient (Wildman–Crippen LogP) is 3.99. The standard InChI is InChI=1S/C23H26N6O2S/c1-17-26-27-23(29(17)15-18-9-3-2-4-10-18)32-16-21(30)24-19-11-5-6-12-20(19)25-22(31)28-13-7-8-14-28/h2-6,9-12H,7-8,13-16H2,1H3,(H,24,30)(H,25,31). The molecule has 0 aliphatic carbocycles. The Hall–Kier alpha value is -3.33. The molecule has 2 N–H and O–H groups in total. The number of para-hydroxylation sites is 2. The van der Waals surface area contributed by atoms with E-state index < -0.39 is 0 Å². The Balaban J connectivity index is 1.36. The number of anilines is 2. The van der Waals surface area contributed by atoms with Crippen LogP contribution in [0.4, 0.5) is 16.2 Å². The number of hydrogen-bond acceptors (Lipinski definition) is 5. The second kappa shape index (κ2) is 10.3. The van der Waals surface area contributed by atoms with Crippen LogP contribution >= 0.6 is 11.8 Å². The van der Waals surface area contributed by atoms with Gasteiger partial charge in [0, 0.05) is 13.1 Å². The number of rotatable bonds is 7. The third kappa shape index (κ3) is 5.47. The summed E-state index contributed by atoms with van der Waals surface area (Å²) in [7, 11) is 0. The molecular weight excluding hydrogens is 424 g/mol. The van der Waals surface area contributed by atoms with E-state index in [4.69, 9.17) is 0 Å². The van der Waals surface area contributed by atoms with Crippen molar-refractivity contribution >= 4 is 35.1 Å². The molecule has 1 aliphatic rings. The fourth-order valence-electron chi connectivity index (χ4n) is 3.55. The number of carbonyl (C=O) groups excluding carboxylic acids is 2. The first-order valence-electron chi connectivity index (χ1n) is 10.6. The maximum Gasteiger partial charge on any atom is 0.321 e. The molecule has 4 rings (SSSR count). The first kappa shape index (κ1) is 21.9. The van der Waals surface area contributed by atoms with E-state index in [1.807, 2.05) is 54.0 Å². The average Bonchev–Trinajstić information content (AvgIpc) is 3.46. The molecule has 0 atom stereocenters. The predicted molar refractivity (Wildman–Crippen MR) is 126 cm³/mol. The topological polar surface area (TPSA) is 92.1 Å². The highest BCUT2D eigenvalue weighted by atomic mass is 32.2. The lowest BCUT2D eigenvalue weighted by Crippen LogP contribution is -2.32. The lowest BCUT2D eigenvalue weighted by atomic mass is 10.2. The number of aryl methyl sites for hydroxylation is 1. The highest BCUT2D eigenvalue weighted by molar-refractivity contribution is 7.99. The van der Waals surface area contributed by atoms with E-state index in [9.17, 15) is 9.59 Å². The molecule has 0 unspecified atom stereocenters. The van der Waals surface area contributed by atoms with Crippen LogP contribution in [0, 0.1) is 6.92 Å². The van der Waals surface area contributed by atoms with Crippen molar-refractivity contribution < 1.29 is 9.59 Å². The van der Waals surface area contributed by atoms with Crippen molar-refractivity contribution in [1.82, 2.24) is 19.7 Å². The monoisotopic (exact) mass is 450 g/mol. The largest absolute Gasteiger partial charge is 0.325 e.